The van der Waals surface area contributed by atoms with Crippen LogP contribution in [0.1, 0.15) is 40.6 Å². The number of para-hydroxylation sites is 2. The molecule has 0 saturated heterocycles. The highest BCUT2D eigenvalue weighted by Crippen LogP contribution is 2.53. The maximum Gasteiger partial charge on any atom is 0.0654 e. The Labute approximate surface area is 223 Å². The Bertz CT molecular complexity index is 1750. The molecule has 0 amide bonds. The lowest BCUT2D eigenvalue weighted by Crippen LogP contribution is -2.36. The molecule has 4 aromatic carbocycles. The van der Waals surface area contributed by atoms with Gasteiger partial charge in [0.1, 0.15) is 0 Å². The van der Waals surface area contributed by atoms with Crippen molar-refractivity contribution < 1.29 is 0 Å². The molecule has 180 valence electrons. The molecule has 2 nitrogen and oxygen atoms in total. The van der Waals surface area contributed by atoms with Gasteiger partial charge in [-0.15, -0.1) is 0 Å². The Morgan fingerprint density at radius 3 is 2.47 bits per heavy atom. The number of aromatic nitrogens is 1. The zero-order valence-electron chi connectivity index (χ0n) is 21.0. The van der Waals surface area contributed by atoms with E-state index in [0.29, 0.717) is 5.92 Å². The Kier molecular flexibility index (Phi) is 4.72. The van der Waals surface area contributed by atoms with E-state index in [-0.39, 0.29) is 12.0 Å². The molecule has 3 aliphatic rings. The summed E-state index contributed by atoms with van der Waals surface area (Å²) in [5, 5.41) is 1.29. The molecule has 3 unspecified atom stereocenters. The van der Waals surface area contributed by atoms with E-state index < -0.39 is 0 Å². The average Bonchev–Trinajstić information content (AvgIpc) is 3.51. The number of hydrogen-bond acceptors (Lipinski definition) is 1. The first-order valence-corrected chi connectivity index (χ1v) is 13.4. The minimum absolute atomic E-state index is 0.151. The molecule has 5 aromatic rings. The molecule has 8 rings (SSSR count). The van der Waals surface area contributed by atoms with Gasteiger partial charge in [0.15, 0.2) is 0 Å². The highest BCUT2D eigenvalue weighted by atomic mass is 15.2. The molecule has 2 heteroatoms. The monoisotopic (exact) mass is 486 g/mol. The number of fused-ring (bicyclic) bond motifs is 7. The van der Waals surface area contributed by atoms with Gasteiger partial charge in [-0.05, 0) is 48.4 Å². The smallest absolute Gasteiger partial charge is 0.0654 e. The molecular weight excluding hydrogens is 460 g/mol. The van der Waals surface area contributed by atoms with Crippen LogP contribution in [0.25, 0.3) is 22.7 Å². The zero-order valence-corrected chi connectivity index (χ0v) is 21.0. The molecule has 2 aliphatic carbocycles. The lowest BCUT2D eigenvalue weighted by molar-refractivity contribution is 0.642. The first-order valence-electron chi connectivity index (χ1n) is 13.4. The highest BCUT2D eigenvalue weighted by Gasteiger charge is 2.45. The Morgan fingerprint density at radius 1 is 0.816 bits per heavy atom. The summed E-state index contributed by atoms with van der Waals surface area (Å²) in [6.07, 6.45) is 12.6. The molecule has 0 saturated carbocycles. The van der Waals surface area contributed by atoms with Gasteiger partial charge in [-0.3, -0.25) is 0 Å². The third-order valence-electron chi connectivity index (χ3n) is 8.35. The van der Waals surface area contributed by atoms with Gasteiger partial charge < -0.3 is 9.47 Å². The predicted octanol–water partition coefficient (Wildman–Crippen LogP) is 8.21. The normalized spacial score (nSPS) is 21.0. The van der Waals surface area contributed by atoms with Crippen LogP contribution in [0.2, 0.25) is 0 Å². The topological polar surface area (TPSA) is 8.17 Å². The minimum atomic E-state index is 0.151. The summed E-state index contributed by atoms with van der Waals surface area (Å²) >= 11 is 0. The van der Waals surface area contributed by atoms with Crippen LogP contribution in [-0.2, 0) is 0 Å². The average molecular weight is 487 g/mol. The second-order valence-corrected chi connectivity index (χ2v) is 10.3. The molecule has 0 spiro atoms. The number of nitrogens with zero attached hydrogens (tertiary/aromatic N) is 2. The molecule has 0 fully saturated rings. The summed E-state index contributed by atoms with van der Waals surface area (Å²) in [5.74, 6) is 0.463. The fraction of sp³-hybridized carbons (Fsp3) is 0.111. The third kappa shape index (κ3) is 3.03. The Morgan fingerprint density at radius 2 is 1.61 bits per heavy atom. The van der Waals surface area contributed by atoms with Crippen molar-refractivity contribution in [2.45, 2.75) is 24.3 Å². The second-order valence-electron chi connectivity index (χ2n) is 10.3. The minimum Gasteiger partial charge on any atom is -0.336 e. The van der Waals surface area contributed by atoms with Crippen LogP contribution in [-0.4, -0.2) is 10.6 Å². The van der Waals surface area contributed by atoms with Crippen molar-refractivity contribution in [3.05, 3.63) is 162 Å². The van der Waals surface area contributed by atoms with Crippen LogP contribution in [0.15, 0.2) is 127 Å². The van der Waals surface area contributed by atoms with E-state index in [1.807, 2.05) is 6.07 Å². The molecule has 1 aromatic heterocycles. The molecule has 0 radical (unpaired) electrons. The van der Waals surface area contributed by atoms with E-state index in [1.54, 1.807) is 0 Å². The van der Waals surface area contributed by atoms with Gasteiger partial charge in [-0.25, -0.2) is 0 Å². The van der Waals surface area contributed by atoms with E-state index in [1.165, 1.54) is 50.4 Å². The van der Waals surface area contributed by atoms with E-state index in [9.17, 15) is 0 Å². The van der Waals surface area contributed by atoms with Crippen molar-refractivity contribution in [1.29, 1.82) is 0 Å². The Hall–Kier alpha value is -4.74. The van der Waals surface area contributed by atoms with Gasteiger partial charge in [0.25, 0.3) is 0 Å². The number of rotatable bonds is 3. The number of anilines is 1. The van der Waals surface area contributed by atoms with E-state index in [2.05, 4.69) is 143 Å². The van der Waals surface area contributed by atoms with Crippen LogP contribution in [0.4, 0.5) is 5.69 Å². The van der Waals surface area contributed by atoms with E-state index in [4.69, 9.17) is 0 Å². The maximum absolute atomic E-state index is 3.58. The molecule has 2 heterocycles. The van der Waals surface area contributed by atoms with Crippen molar-refractivity contribution in [3.8, 4) is 5.69 Å². The van der Waals surface area contributed by atoms with Gasteiger partial charge in [-0.2, -0.15) is 0 Å². The third-order valence-corrected chi connectivity index (χ3v) is 8.35. The summed E-state index contributed by atoms with van der Waals surface area (Å²) in [4.78, 5) is 2.58. The Balaban J connectivity index is 1.36. The van der Waals surface area contributed by atoms with Crippen molar-refractivity contribution >= 4 is 22.7 Å². The zero-order chi connectivity index (χ0) is 25.1. The maximum atomic E-state index is 3.58. The van der Waals surface area contributed by atoms with Crippen molar-refractivity contribution in [2.75, 3.05) is 4.90 Å². The lowest BCUT2D eigenvalue weighted by Gasteiger charge is -2.37. The molecular formula is C36H26N2. The van der Waals surface area contributed by atoms with Crippen LogP contribution in [0, 0.1) is 12.1 Å². The molecule has 3 atom stereocenters. The van der Waals surface area contributed by atoms with Gasteiger partial charge in [0.2, 0.25) is 0 Å². The standard InChI is InChI=1S/C36H26N2/c1-3-13-25(14-4-1)27-17-7-10-20-31(27)38-33-22-12-9-19-30(33)35-34(38)24-23-29-28-18-8-11-21-32(28)37(36(29)35)26-15-5-2-6-16-26/h1-8,10-16,18,20-24,27,34-35H,17H2. The SMILES string of the molecule is c1ccc2c(c#1)C1c3c(c4ccccc4n3-c3ccccc3)C=CC1N2C1=CC=CCC1c1ccccc1. The van der Waals surface area contributed by atoms with Crippen LogP contribution in [0.3, 0.4) is 0 Å². The summed E-state index contributed by atoms with van der Waals surface area (Å²) in [6.45, 7) is 0. The number of allylic oxidation sites excluding steroid dienone is 4. The van der Waals surface area contributed by atoms with Gasteiger partial charge in [0.05, 0.1) is 23.2 Å². The lowest BCUT2D eigenvalue weighted by atomic mass is 9.84. The summed E-state index contributed by atoms with van der Waals surface area (Å²) < 4.78 is 2.48. The van der Waals surface area contributed by atoms with E-state index >= 15 is 0 Å². The van der Waals surface area contributed by atoms with Crippen LogP contribution in [0.5, 0.6) is 0 Å². The van der Waals surface area contributed by atoms with Crippen LogP contribution < -0.4 is 4.90 Å². The molecule has 38 heavy (non-hydrogen) atoms. The highest BCUT2D eigenvalue weighted by molar-refractivity contribution is 5.95. The number of hydrogen-bond donors (Lipinski definition) is 0. The fourth-order valence-corrected chi connectivity index (χ4v) is 6.80. The van der Waals surface area contributed by atoms with Crippen LogP contribution >= 0.6 is 0 Å². The first kappa shape index (κ1) is 21.4. The van der Waals surface area contributed by atoms with Crippen molar-refractivity contribution in [1.82, 2.24) is 4.57 Å². The van der Waals surface area contributed by atoms with Crippen molar-refractivity contribution in [3.63, 3.8) is 0 Å². The fourth-order valence-electron chi connectivity index (χ4n) is 6.80. The van der Waals surface area contributed by atoms with Gasteiger partial charge >= 0.3 is 0 Å². The predicted molar refractivity (Wildman–Crippen MR) is 156 cm³/mol. The summed E-state index contributed by atoms with van der Waals surface area (Å²) in [6, 6.07) is 41.8. The largest absolute Gasteiger partial charge is 0.336 e. The molecule has 0 N–H and O–H groups in total. The van der Waals surface area contributed by atoms with Gasteiger partial charge in [-0.1, -0.05) is 103 Å². The number of benzene rings is 3. The van der Waals surface area contributed by atoms with Gasteiger partial charge in [0, 0.05) is 39.5 Å². The van der Waals surface area contributed by atoms with E-state index in [0.717, 1.165) is 6.42 Å². The quantitative estimate of drug-likeness (QED) is 0.249. The van der Waals surface area contributed by atoms with Crippen molar-refractivity contribution in [2.24, 2.45) is 0 Å². The summed E-state index contributed by atoms with van der Waals surface area (Å²) in [7, 11) is 0. The second kappa shape index (κ2) is 8.40. The summed E-state index contributed by atoms with van der Waals surface area (Å²) in [5.41, 5.74) is 10.3. The first-order chi connectivity index (χ1) is 18.9. The molecule has 0 bridgehead atoms. The molecule has 1 aliphatic heterocycles.